The molecule has 0 fully saturated rings. The lowest BCUT2D eigenvalue weighted by atomic mass is 9.82. The van der Waals surface area contributed by atoms with Crippen LogP contribution in [0.3, 0.4) is 0 Å². The molecule has 0 saturated carbocycles. The Kier molecular flexibility index (Phi) is 4.69. The summed E-state index contributed by atoms with van der Waals surface area (Å²) in [4.78, 5) is 6.03. The number of hydrogen-bond acceptors (Lipinski definition) is 3. The molecule has 0 bridgehead atoms. The number of aromatic nitrogens is 1. The Labute approximate surface area is 203 Å². The van der Waals surface area contributed by atoms with Crippen molar-refractivity contribution >= 4 is 43.2 Å². The van der Waals surface area contributed by atoms with Gasteiger partial charge >= 0.3 is 0 Å². The van der Waals surface area contributed by atoms with Crippen molar-refractivity contribution in [1.29, 1.82) is 0 Å². The van der Waals surface area contributed by atoms with Gasteiger partial charge in [-0.25, -0.2) is 0 Å². The molecule has 0 aliphatic heterocycles. The van der Waals surface area contributed by atoms with Crippen molar-refractivity contribution in [3.63, 3.8) is 0 Å². The molecule has 0 saturated heterocycles. The van der Waals surface area contributed by atoms with Gasteiger partial charge < -0.3 is 4.42 Å². The normalized spacial score (nSPS) is 12.3. The van der Waals surface area contributed by atoms with Gasteiger partial charge in [0.1, 0.15) is 11.5 Å². The third-order valence-electron chi connectivity index (χ3n) is 6.85. The Morgan fingerprint density at radius 1 is 0.794 bits per heavy atom. The van der Waals surface area contributed by atoms with Crippen LogP contribution in [0.1, 0.15) is 37.5 Å². The van der Waals surface area contributed by atoms with Gasteiger partial charge in [0.2, 0.25) is 0 Å². The molecule has 3 heteroatoms. The lowest BCUT2D eigenvalue weighted by Gasteiger charge is -2.22. The van der Waals surface area contributed by atoms with Crippen LogP contribution in [0.2, 0.25) is 0 Å². The number of furan rings is 1. The second kappa shape index (κ2) is 7.54. The van der Waals surface area contributed by atoms with Crippen molar-refractivity contribution in [3.8, 4) is 21.9 Å². The summed E-state index contributed by atoms with van der Waals surface area (Å²) in [5.74, 6) is 0.958. The minimum absolute atomic E-state index is 0.0158. The summed E-state index contributed by atoms with van der Waals surface area (Å²) in [7, 11) is 0. The van der Waals surface area contributed by atoms with Gasteiger partial charge in [-0.2, -0.15) is 0 Å². The number of rotatable bonds is 2. The van der Waals surface area contributed by atoms with Gasteiger partial charge in [0.15, 0.2) is 5.58 Å². The Hall–Kier alpha value is -3.43. The standard InChI is InChI=1S/C31H27NOS/c1-18-23-14-15-32-27(21-16-20-10-6-7-12-24(20)25(17-21)31(3,4)5)29(23)33-28(18)30-19(2)22-11-8-9-13-26(22)34-30/h6-17H,1-5H3. The van der Waals surface area contributed by atoms with E-state index in [1.807, 2.05) is 6.20 Å². The number of benzene rings is 3. The van der Waals surface area contributed by atoms with E-state index in [0.29, 0.717) is 0 Å². The molecule has 0 radical (unpaired) electrons. The van der Waals surface area contributed by atoms with Gasteiger partial charge in [-0.05, 0) is 70.8 Å². The van der Waals surface area contributed by atoms with Crippen molar-refractivity contribution in [2.24, 2.45) is 0 Å². The highest BCUT2D eigenvalue weighted by Gasteiger charge is 2.23. The van der Waals surface area contributed by atoms with E-state index in [-0.39, 0.29) is 5.41 Å². The molecule has 0 amide bonds. The summed E-state index contributed by atoms with van der Waals surface area (Å²) in [6.07, 6.45) is 1.91. The van der Waals surface area contributed by atoms with Gasteiger partial charge in [0, 0.05) is 27.4 Å². The quantitative estimate of drug-likeness (QED) is 0.257. The van der Waals surface area contributed by atoms with Crippen molar-refractivity contribution in [1.82, 2.24) is 4.98 Å². The van der Waals surface area contributed by atoms with E-state index in [0.717, 1.165) is 28.0 Å². The fraction of sp³-hybridized carbons (Fsp3) is 0.194. The van der Waals surface area contributed by atoms with Crippen LogP contribution in [-0.2, 0) is 5.41 Å². The maximum Gasteiger partial charge on any atom is 0.161 e. The smallest absolute Gasteiger partial charge is 0.161 e. The van der Waals surface area contributed by atoms with Crippen molar-refractivity contribution in [2.45, 2.75) is 40.0 Å². The summed E-state index contributed by atoms with van der Waals surface area (Å²) in [5.41, 5.74) is 6.65. The molecule has 2 nitrogen and oxygen atoms in total. The molecular formula is C31H27NOS. The first-order valence-corrected chi connectivity index (χ1v) is 12.5. The molecule has 0 aliphatic rings. The molecule has 6 aromatic rings. The molecule has 0 N–H and O–H groups in total. The number of pyridine rings is 1. The predicted molar refractivity (Wildman–Crippen MR) is 146 cm³/mol. The van der Waals surface area contributed by atoms with Gasteiger partial charge in [0.05, 0.1) is 4.88 Å². The Morgan fingerprint density at radius 3 is 2.29 bits per heavy atom. The number of hydrogen-bond donors (Lipinski definition) is 0. The number of aryl methyl sites for hydroxylation is 2. The van der Waals surface area contributed by atoms with Crippen LogP contribution in [0.4, 0.5) is 0 Å². The molecule has 3 heterocycles. The summed E-state index contributed by atoms with van der Waals surface area (Å²) < 4.78 is 7.96. The Bertz CT molecular complexity index is 1710. The van der Waals surface area contributed by atoms with Crippen molar-refractivity contribution in [3.05, 3.63) is 89.6 Å². The van der Waals surface area contributed by atoms with E-state index in [4.69, 9.17) is 9.40 Å². The summed E-state index contributed by atoms with van der Waals surface area (Å²) >= 11 is 1.80. The van der Waals surface area contributed by atoms with Crippen LogP contribution in [0.25, 0.3) is 53.7 Å². The highest BCUT2D eigenvalue weighted by molar-refractivity contribution is 7.22. The van der Waals surface area contributed by atoms with Gasteiger partial charge in [-0.15, -0.1) is 11.3 Å². The van der Waals surface area contributed by atoms with E-state index in [2.05, 4.69) is 101 Å². The molecule has 6 rings (SSSR count). The van der Waals surface area contributed by atoms with Crippen LogP contribution in [0, 0.1) is 13.8 Å². The van der Waals surface area contributed by atoms with Crippen LogP contribution in [-0.4, -0.2) is 4.98 Å². The lowest BCUT2D eigenvalue weighted by molar-refractivity contribution is 0.596. The summed E-state index contributed by atoms with van der Waals surface area (Å²) in [5, 5.41) is 4.95. The summed E-state index contributed by atoms with van der Waals surface area (Å²) in [6.45, 7) is 11.2. The fourth-order valence-electron chi connectivity index (χ4n) is 5.03. The van der Waals surface area contributed by atoms with E-state index < -0.39 is 0 Å². The molecule has 0 atom stereocenters. The van der Waals surface area contributed by atoms with Gasteiger partial charge in [-0.1, -0.05) is 63.2 Å². The average molecular weight is 462 g/mol. The molecule has 0 aliphatic carbocycles. The van der Waals surface area contributed by atoms with Crippen molar-refractivity contribution in [2.75, 3.05) is 0 Å². The SMILES string of the molecule is Cc1c(-c2oc3c(-c4cc(C(C)(C)C)c5ccccc5c4)nccc3c2C)sc2ccccc12. The Morgan fingerprint density at radius 2 is 1.53 bits per heavy atom. The van der Waals surface area contributed by atoms with E-state index in [9.17, 15) is 0 Å². The third-order valence-corrected chi connectivity index (χ3v) is 8.12. The topological polar surface area (TPSA) is 26.0 Å². The second-order valence-corrected chi connectivity index (χ2v) is 11.2. The average Bonchev–Trinajstić information content (AvgIpc) is 3.34. The maximum atomic E-state index is 6.67. The minimum Gasteiger partial charge on any atom is -0.453 e. The first kappa shape index (κ1) is 21.1. The largest absolute Gasteiger partial charge is 0.453 e. The fourth-order valence-corrected chi connectivity index (χ4v) is 6.28. The van der Waals surface area contributed by atoms with Gasteiger partial charge in [-0.3, -0.25) is 4.98 Å². The van der Waals surface area contributed by atoms with E-state index in [1.165, 1.54) is 42.4 Å². The number of nitrogens with zero attached hydrogens (tertiary/aromatic N) is 1. The van der Waals surface area contributed by atoms with Crippen LogP contribution in [0.5, 0.6) is 0 Å². The van der Waals surface area contributed by atoms with Crippen LogP contribution >= 0.6 is 11.3 Å². The zero-order valence-corrected chi connectivity index (χ0v) is 21.0. The lowest BCUT2D eigenvalue weighted by Crippen LogP contribution is -2.12. The molecule has 3 aromatic carbocycles. The maximum absolute atomic E-state index is 6.67. The third kappa shape index (κ3) is 3.19. The molecule has 168 valence electrons. The zero-order chi connectivity index (χ0) is 23.6. The first-order chi connectivity index (χ1) is 16.3. The minimum atomic E-state index is 0.0158. The van der Waals surface area contributed by atoms with Crippen LogP contribution < -0.4 is 0 Å². The highest BCUT2D eigenvalue weighted by atomic mass is 32.1. The van der Waals surface area contributed by atoms with Crippen molar-refractivity contribution < 1.29 is 4.42 Å². The number of fused-ring (bicyclic) bond motifs is 3. The molecule has 0 spiro atoms. The van der Waals surface area contributed by atoms with Crippen LogP contribution in [0.15, 0.2) is 77.3 Å². The molecule has 3 aromatic heterocycles. The second-order valence-electron chi connectivity index (χ2n) is 10.1. The van der Waals surface area contributed by atoms with E-state index in [1.54, 1.807) is 11.3 Å². The monoisotopic (exact) mass is 461 g/mol. The molecular weight excluding hydrogens is 434 g/mol. The zero-order valence-electron chi connectivity index (χ0n) is 20.2. The summed E-state index contributed by atoms with van der Waals surface area (Å²) in [6, 6.07) is 23.8. The highest BCUT2D eigenvalue weighted by Crippen LogP contribution is 2.44. The number of thiophene rings is 1. The predicted octanol–water partition coefficient (Wildman–Crippen LogP) is 9.44. The van der Waals surface area contributed by atoms with Gasteiger partial charge in [0.25, 0.3) is 0 Å². The molecule has 0 unspecified atom stereocenters. The first-order valence-electron chi connectivity index (χ1n) is 11.7. The molecule has 34 heavy (non-hydrogen) atoms. The Balaban J connectivity index is 1.62. The van der Waals surface area contributed by atoms with E-state index >= 15 is 0 Å².